The third kappa shape index (κ3) is 2.23. The highest BCUT2D eigenvalue weighted by Gasteiger charge is 2.47. The maximum absolute atomic E-state index is 10.8. The third-order valence-corrected chi connectivity index (χ3v) is 4.21. The number of hydrogen-bond acceptors (Lipinski definition) is 3. The minimum Gasteiger partial charge on any atom is -0.480 e. The van der Waals surface area contributed by atoms with E-state index in [4.69, 9.17) is 9.84 Å². The van der Waals surface area contributed by atoms with Crippen molar-refractivity contribution < 1.29 is 14.6 Å². The molecule has 0 aromatic rings. The number of methoxy groups -OCH3 is 1. The highest BCUT2D eigenvalue weighted by molar-refractivity contribution is 5.69. The lowest BCUT2D eigenvalue weighted by molar-refractivity contribution is -0.138. The summed E-state index contributed by atoms with van der Waals surface area (Å²) in [6.45, 7) is 2.80. The van der Waals surface area contributed by atoms with Crippen LogP contribution in [0.25, 0.3) is 0 Å². The van der Waals surface area contributed by atoms with Crippen LogP contribution in [0, 0.1) is 11.3 Å². The predicted molar refractivity (Wildman–Crippen MR) is 60.3 cm³/mol. The Morgan fingerprint density at radius 1 is 1.50 bits per heavy atom. The van der Waals surface area contributed by atoms with Crippen molar-refractivity contribution >= 4 is 5.97 Å². The van der Waals surface area contributed by atoms with Crippen molar-refractivity contribution in [2.24, 2.45) is 11.3 Å². The zero-order valence-electron chi connectivity index (χ0n) is 9.95. The maximum Gasteiger partial charge on any atom is 0.317 e. The molecule has 1 heterocycles. The minimum absolute atomic E-state index is 0.183. The molecule has 4 heteroatoms. The summed E-state index contributed by atoms with van der Waals surface area (Å²) in [4.78, 5) is 12.8. The van der Waals surface area contributed by atoms with Gasteiger partial charge in [-0.05, 0) is 18.3 Å². The number of rotatable bonds is 4. The first kappa shape index (κ1) is 11.9. The van der Waals surface area contributed by atoms with E-state index in [0.29, 0.717) is 11.3 Å². The molecule has 1 saturated carbocycles. The van der Waals surface area contributed by atoms with E-state index in [1.165, 1.54) is 25.7 Å². The molecular weight excluding hydrogens is 206 g/mol. The molecule has 16 heavy (non-hydrogen) atoms. The van der Waals surface area contributed by atoms with Gasteiger partial charge in [0, 0.05) is 26.1 Å². The summed E-state index contributed by atoms with van der Waals surface area (Å²) in [5, 5.41) is 8.85. The Morgan fingerprint density at radius 3 is 2.75 bits per heavy atom. The van der Waals surface area contributed by atoms with Crippen LogP contribution >= 0.6 is 0 Å². The summed E-state index contributed by atoms with van der Waals surface area (Å²) in [5.74, 6) is -0.189. The fourth-order valence-electron chi connectivity index (χ4n) is 3.53. The van der Waals surface area contributed by atoms with Gasteiger partial charge in [0.2, 0.25) is 0 Å². The SMILES string of the molecule is COC[C@H]1CN(CC(=O)O)CC12CCCC2. The van der Waals surface area contributed by atoms with Gasteiger partial charge in [-0.15, -0.1) is 0 Å². The van der Waals surface area contributed by atoms with Gasteiger partial charge in [0.25, 0.3) is 0 Å². The topological polar surface area (TPSA) is 49.8 Å². The van der Waals surface area contributed by atoms with Gasteiger partial charge in [-0.2, -0.15) is 0 Å². The van der Waals surface area contributed by atoms with Gasteiger partial charge in [-0.25, -0.2) is 0 Å². The van der Waals surface area contributed by atoms with Gasteiger partial charge < -0.3 is 9.84 Å². The van der Waals surface area contributed by atoms with Crippen LogP contribution in [0.1, 0.15) is 25.7 Å². The van der Waals surface area contributed by atoms with E-state index in [1.54, 1.807) is 7.11 Å². The lowest BCUT2D eigenvalue weighted by Gasteiger charge is -2.29. The molecule has 0 radical (unpaired) electrons. The lowest BCUT2D eigenvalue weighted by Crippen LogP contribution is -2.30. The van der Waals surface area contributed by atoms with Crippen molar-refractivity contribution in [3.05, 3.63) is 0 Å². The van der Waals surface area contributed by atoms with Crippen LogP contribution in [0.4, 0.5) is 0 Å². The molecule has 1 atom stereocenters. The summed E-state index contributed by atoms with van der Waals surface area (Å²) in [5.41, 5.74) is 0.353. The molecular formula is C12H21NO3. The molecule has 0 aromatic carbocycles. The van der Waals surface area contributed by atoms with Crippen LogP contribution in [-0.4, -0.2) is 49.3 Å². The molecule has 2 aliphatic rings. The molecule has 0 aromatic heterocycles. The van der Waals surface area contributed by atoms with Crippen molar-refractivity contribution in [2.75, 3.05) is 33.4 Å². The number of carboxylic acids is 1. The Labute approximate surface area is 96.6 Å². The Bertz CT molecular complexity index is 261. The zero-order valence-corrected chi connectivity index (χ0v) is 9.95. The molecule has 1 N–H and O–H groups in total. The average Bonchev–Trinajstić information content (AvgIpc) is 2.77. The lowest BCUT2D eigenvalue weighted by atomic mass is 9.77. The first-order chi connectivity index (χ1) is 7.66. The third-order valence-electron chi connectivity index (χ3n) is 4.21. The standard InChI is InChI=1S/C12H21NO3/c1-16-8-10-6-13(7-11(14)15)9-12(10)4-2-3-5-12/h10H,2-9H2,1H3,(H,14,15)/t10-/m1/s1. The van der Waals surface area contributed by atoms with E-state index in [2.05, 4.69) is 4.90 Å². The number of ether oxygens (including phenoxy) is 1. The summed E-state index contributed by atoms with van der Waals surface area (Å²) < 4.78 is 5.29. The second-order valence-corrected chi connectivity index (χ2v) is 5.29. The Morgan fingerprint density at radius 2 is 2.19 bits per heavy atom. The molecule has 2 rings (SSSR count). The first-order valence-corrected chi connectivity index (χ1v) is 6.09. The van der Waals surface area contributed by atoms with Gasteiger partial charge in [-0.1, -0.05) is 12.8 Å². The summed E-state index contributed by atoms with van der Waals surface area (Å²) in [6.07, 6.45) is 5.08. The number of hydrogen-bond donors (Lipinski definition) is 1. The van der Waals surface area contributed by atoms with Crippen molar-refractivity contribution in [3.8, 4) is 0 Å². The second kappa shape index (κ2) is 4.72. The van der Waals surface area contributed by atoms with E-state index < -0.39 is 5.97 Å². The summed E-state index contributed by atoms with van der Waals surface area (Å²) in [6, 6.07) is 0. The highest BCUT2D eigenvalue weighted by Crippen LogP contribution is 2.48. The van der Waals surface area contributed by atoms with Crippen molar-refractivity contribution in [2.45, 2.75) is 25.7 Å². The maximum atomic E-state index is 10.8. The first-order valence-electron chi connectivity index (χ1n) is 6.09. The van der Waals surface area contributed by atoms with E-state index in [1.807, 2.05) is 0 Å². The Kier molecular flexibility index (Phi) is 3.50. The van der Waals surface area contributed by atoms with Crippen LogP contribution < -0.4 is 0 Å². The molecule has 4 nitrogen and oxygen atoms in total. The zero-order chi connectivity index (χ0) is 11.6. The van der Waals surface area contributed by atoms with Crippen LogP contribution in [0.2, 0.25) is 0 Å². The van der Waals surface area contributed by atoms with E-state index in [9.17, 15) is 4.79 Å². The van der Waals surface area contributed by atoms with E-state index in [-0.39, 0.29) is 6.54 Å². The fraction of sp³-hybridized carbons (Fsp3) is 0.917. The number of nitrogens with zero attached hydrogens (tertiary/aromatic N) is 1. The van der Waals surface area contributed by atoms with Crippen LogP contribution in [0.5, 0.6) is 0 Å². The monoisotopic (exact) mass is 227 g/mol. The fourth-order valence-corrected chi connectivity index (χ4v) is 3.53. The minimum atomic E-state index is -0.716. The number of likely N-dealkylation sites (tertiary alicyclic amines) is 1. The molecule has 1 aliphatic carbocycles. The van der Waals surface area contributed by atoms with Crippen molar-refractivity contribution in [1.29, 1.82) is 0 Å². The number of carboxylic acid groups (broad SMARTS) is 1. The normalized spacial score (nSPS) is 28.9. The summed E-state index contributed by atoms with van der Waals surface area (Å²) >= 11 is 0. The second-order valence-electron chi connectivity index (χ2n) is 5.29. The molecule has 0 amide bonds. The van der Waals surface area contributed by atoms with E-state index in [0.717, 1.165) is 19.7 Å². The Hall–Kier alpha value is -0.610. The molecule has 0 unspecified atom stereocenters. The summed E-state index contributed by atoms with van der Waals surface area (Å²) in [7, 11) is 1.74. The molecule has 0 bridgehead atoms. The molecule has 2 fully saturated rings. The van der Waals surface area contributed by atoms with Crippen LogP contribution in [0.3, 0.4) is 0 Å². The predicted octanol–water partition coefficient (Wildman–Crippen LogP) is 1.21. The number of carbonyl (C=O) groups is 1. The quantitative estimate of drug-likeness (QED) is 0.784. The van der Waals surface area contributed by atoms with E-state index >= 15 is 0 Å². The van der Waals surface area contributed by atoms with Gasteiger partial charge in [0.1, 0.15) is 0 Å². The largest absolute Gasteiger partial charge is 0.480 e. The van der Waals surface area contributed by atoms with Crippen LogP contribution in [-0.2, 0) is 9.53 Å². The molecule has 92 valence electrons. The average molecular weight is 227 g/mol. The van der Waals surface area contributed by atoms with Gasteiger partial charge in [0.05, 0.1) is 13.2 Å². The van der Waals surface area contributed by atoms with Crippen molar-refractivity contribution in [1.82, 2.24) is 4.90 Å². The number of aliphatic carboxylic acids is 1. The molecule has 1 aliphatic heterocycles. The van der Waals surface area contributed by atoms with Crippen LogP contribution in [0.15, 0.2) is 0 Å². The smallest absolute Gasteiger partial charge is 0.317 e. The van der Waals surface area contributed by atoms with Gasteiger partial charge in [-0.3, -0.25) is 9.69 Å². The van der Waals surface area contributed by atoms with Crippen molar-refractivity contribution in [3.63, 3.8) is 0 Å². The molecule has 1 saturated heterocycles. The molecule has 1 spiro atoms. The van der Waals surface area contributed by atoms with Gasteiger partial charge >= 0.3 is 5.97 Å². The highest BCUT2D eigenvalue weighted by atomic mass is 16.5. The Balaban J connectivity index is 2.02. The van der Waals surface area contributed by atoms with Gasteiger partial charge in [0.15, 0.2) is 0 Å².